The van der Waals surface area contributed by atoms with Crippen molar-refractivity contribution in [2.24, 2.45) is 0 Å². The highest BCUT2D eigenvalue weighted by molar-refractivity contribution is 6.68. The van der Waals surface area contributed by atoms with Gasteiger partial charge in [0.25, 0.3) is 5.91 Å². The summed E-state index contributed by atoms with van der Waals surface area (Å²) < 4.78 is 48.1. The average Bonchev–Trinajstić information content (AvgIpc) is 2.37. The number of hydrogen-bond acceptors (Lipinski definition) is 2. The summed E-state index contributed by atoms with van der Waals surface area (Å²) in [5.74, 6) is -1.12. The zero-order chi connectivity index (χ0) is 17.1. The number of benzene rings is 1. The largest absolute Gasteiger partial charge is 0.416 e. The van der Waals surface area contributed by atoms with Gasteiger partial charge < -0.3 is 10.6 Å². The fourth-order valence-electron chi connectivity index (χ4n) is 1.37. The number of carbonyl (C=O) groups excluding carboxylic acids is 1. The first kappa shape index (κ1) is 19.4. The Morgan fingerprint density at radius 3 is 2.27 bits per heavy atom. The molecule has 0 aliphatic heterocycles. The maximum Gasteiger partial charge on any atom is 0.416 e. The molecule has 3 nitrogen and oxygen atoms in total. The summed E-state index contributed by atoms with van der Waals surface area (Å²) in [6, 6.07) is 2.42. The molecule has 1 aromatic rings. The van der Waals surface area contributed by atoms with Crippen LogP contribution in [0.25, 0.3) is 0 Å². The number of amides is 1. The summed E-state index contributed by atoms with van der Waals surface area (Å²) in [5, 5.41) is 4.21. The Morgan fingerprint density at radius 2 is 1.82 bits per heavy atom. The highest BCUT2D eigenvalue weighted by atomic mass is 35.6. The maximum atomic E-state index is 12.7. The molecular formula is C11H8Cl4F4N2O. The molecule has 22 heavy (non-hydrogen) atoms. The van der Waals surface area contributed by atoms with Gasteiger partial charge in [-0.2, -0.15) is 13.2 Å². The Labute approximate surface area is 142 Å². The number of anilines is 1. The fourth-order valence-corrected chi connectivity index (χ4v) is 1.87. The van der Waals surface area contributed by atoms with Gasteiger partial charge in [0.2, 0.25) is 3.79 Å². The fraction of sp³-hybridized carbons (Fsp3) is 0.364. The van der Waals surface area contributed by atoms with Gasteiger partial charge in [-0.05, 0) is 18.2 Å². The molecule has 1 amide bonds. The molecule has 2 N–H and O–H groups in total. The lowest BCUT2D eigenvalue weighted by atomic mass is 10.2. The predicted molar refractivity (Wildman–Crippen MR) is 78.3 cm³/mol. The Morgan fingerprint density at radius 1 is 1.23 bits per heavy atom. The van der Waals surface area contributed by atoms with Crippen molar-refractivity contribution in [1.82, 2.24) is 5.32 Å². The van der Waals surface area contributed by atoms with E-state index in [0.717, 1.165) is 12.1 Å². The Bertz CT molecular complexity index is 548. The van der Waals surface area contributed by atoms with E-state index < -0.39 is 34.3 Å². The van der Waals surface area contributed by atoms with Crippen LogP contribution in [0, 0.1) is 0 Å². The predicted octanol–water partition coefficient (Wildman–Crippen LogP) is 4.55. The molecule has 1 unspecified atom stereocenters. The van der Waals surface area contributed by atoms with Gasteiger partial charge in [0.15, 0.2) is 6.67 Å². The van der Waals surface area contributed by atoms with Crippen LogP contribution >= 0.6 is 46.4 Å². The quantitative estimate of drug-likeness (QED) is 0.441. The minimum atomic E-state index is -4.61. The van der Waals surface area contributed by atoms with E-state index in [-0.39, 0.29) is 10.7 Å². The van der Waals surface area contributed by atoms with Crippen LogP contribution in [0.3, 0.4) is 0 Å². The standard InChI is InChI=1S/C11H8Cl4F4N2O/c12-6-2-1-5(11(17,18)19)3-7(6)20-9(10(13,14)15)21-8(22)4-16/h1-3,9,20H,4H2,(H,21,22). The first-order valence-corrected chi connectivity index (χ1v) is 7.01. The van der Waals surface area contributed by atoms with Gasteiger partial charge in [-0.3, -0.25) is 4.79 Å². The number of halogens is 8. The number of hydrogen-bond donors (Lipinski definition) is 2. The van der Waals surface area contributed by atoms with Crippen LogP contribution in [0.2, 0.25) is 5.02 Å². The SMILES string of the molecule is O=C(CF)NC(Nc1cc(C(F)(F)F)ccc1Cl)C(Cl)(Cl)Cl. The normalized spacial score (nSPS) is 13.6. The van der Waals surface area contributed by atoms with Crippen LogP contribution in [-0.4, -0.2) is 22.5 Å². The highest BCUT2D eigenvalue weighted by Gasteiger charge is 2.35. The summed E-state index contributed by atoms with van der Waals surface area (Å²) in [6.45, 7) is -1.39. The molecular weight excluding hydrogens is 394 g/mol. The van der Waals surface area contributed by atoms with Crippen molar-refractivity contribution in [1.29, 1.82) is 0 Å². The average molecular weight is 402 g/mol. The van der Waals surface area contributed by atoms with E-state index in [1.165, 1.54) is 0 Å². The lowest BCUT2D eigenvalue weighted by Crippen LogP contribution is -2.49. The minimum absolute atomic E-state index is 0.109. The summed E-state index contributed by atoms with van der Waals surface area (Å²) in [5.41, 5.74) is -1.24. The van der Waals surface area contributed by atoms with Crippen molar-refractivity contribution in [3.8, 4) is 0 Å². The minimum Gasteiger partial charge on any atom is -0.361 e. The number of nitrogens with one attached hydrogen (secondary N) is 2. The Hall–Kier alpha value is -0.630. The molecule has 0 aliphatic carbocycles. The molecule has 0 heterocycles. The van der Waals surface area contributed by atoms with Crippen LogP contribution in [0.4, 0.5) is 23.2 Å². The van der Waals surface area contributed by atoms with Crippen molar-refractivity contribution in [2.45, 2.75) is 16.1 Å². The Balaban J connectivity index is 3.10. The zero-order valence-corrected chi connectivity index (χ0v) is 13.5. The molecule has 0 aromatic heterocycles. The molecule has 0 spiro atoms. The zero-order valence-electron chi connectivity index (χ0n) is 10.4. The van der Waals surface area contributed by atoms with Crippen LogP contribution in [0.1, 0.15) is 5.56 Å². The van der Waals surface area contributed by atoms with E-state index in [1.54, 1.807) is 0 Å². The van der Waals surface area contributed by atoms with Crippen LogP contribution in [0.15, 0.2) is 18.2 Å². The van der Waals surface area contributed by atoms with Gasteiger partial charge in [-0.1, -0.05) is 46.4 Å². The summed E-state index contributed by atoms with van der Waals surface area (Å²) in [6.07, 6.45) is -6.11. The summed E-state index contributed by atoms with van der Waals surface area (Å²) in [4.78, 5) is 11.1. The van der Waals surface area contributed by atoms with Gasteiger partial charge >= 0.3 is 6.18 Å². The van der Waals surface area contributed by atoms with Gasteiger partial charge in [0.1, 0.15) is 6.17 Å². The molecule has 0 saturated carbocycles. The van der Waals surface area contributed by atoms with Gasteiger partial charge in [-0.15, -0.1) is 0 Å². The van der Waals surface area contributed by atoms with Crippen molar-refractivity contribution >= 4 is 58.0 Å². The molecule has 1 atom stereocenters. The molecule has 0 saturated heterocycles. The van der Waals surface area contributed by atoms with E-state index in [0.29, 0.717) is 6.07 Å². The lowest BCUT2D eigenvalue weighted by Gasteiger charge is -2.27. The van der Waals surface area contributed by atoms with Gasteiger partial charge in [-0.25, -0.2) is 4.39 Å². The van der Waals surface area contributed by atoms with E-state index in [1.807, 2.05) is 5.32 Å². The smallest absolute Gasteiger partial charge is 0.361 e. The maximum absolute atomic E-state index is 12.7. The summed E-state index contributed by atoms with van der Waals surface area (Å²) >= 11 is 22.6. The van der Waals surface area contributed by atoms with Gasteiger partial charge in [0, 0.05) is 0 Å². The molecule has 0 fully saturated rings. The molecule has 0 bridgehead atoms. The highest BCUT2D eigenvalue weighted by Crippen LogP contribution is 2.36. The van der Waals surface area contributed by atoms with Crippen LogP contribution in [0.5, 0.6) is 0 Å². The third kappa shape index (κ3) is 5.53. The second-order valence-electron chi connectivity index (χ2n) is 4.01. The number of rotatable bonds is 4. The van der Waals surface area contributed by atoms with Gasteiger partial charge in [0.05, 0.1) is 16.3 Å². The molecule has 0 radical (unpaired) electrons. The number of alkyl halides is 7. The van der Waals surface area contributed by atoms with Crippen molar-refractivity contribution < 1.29 is 22.4 Å². The first-order chi connectivity index (χ1) is 9.95. The summed E-state index contributed by atoms with van der Waals surface area (Å²) in [7, 11) is 0. The molecule has 11 heteroatoms. The molecule has 1 rings (SSSR count). The first-order valence-electron chi connectivity index (χ1n) is 5.50. The third-order valence-electron chi connectivity index (χ3n) is 2.35. The van der Waals surface area contributed by atoms with E-state index in [9.17, 15) is 22.4 Å². The molecule has 1 aromatic carbocycles. The topological polar surface area (TPSA) is 41.1 Å². The second-order valence-corrected chi connectivity index (χ2v) is 6.79. The molecule has 124 valence electrons. The van der Waals surface area contributed by atoms with Crippen molar-refractivity contribution in [3.05, 3.63) is 28.8 Å². The lowest BCUT2D eigenvalue weighted by molar-refractivity contribution is -0.137. The van der Waals surface area contributed by atoms with E-state index in [4.69, 9.17) is 46.4 Å². The van der Waals surface area contributed by atoms with Crippen molar-refractivity contribution in [2.75, 3.05) is 12.0 Å². The van der Waals surface area contributed by atoms with E-state index >= 15 is 0 Å². The third-order valence-corrected chi connectivity index (χ3v) is 3.33. The van der Waals surface area contributed by atoms with Crippen molar-refractivity contribution in [3.63, 3.8) is 0 Å². The van der Waals surface area contributed by atoms with E-state index in [2.05, 4.69) is 5.32 Å². The molecule has 0 aliphatic rings. The Kier molecular flexibility index (Phi) is 6.44. The number of carbonyl (C=O) groups is 1. The van der Waals surface area contributed by atoms with Crippen LogP contribution < -0.4 is 10.6 Å². The monoisotopic (exact) mass is 400 g/mol. The second kappa shape index (κ2) is 7.29. The van der Waals surface area contributed by atoms with Crippen LogP contribution in [-0.2, 0) is 11.0 Å².